The largest absolute Gasteiger partial charge is 0.325 e. The van der Waals surface area contributed by atoms with E-state index in [9.17, 15) is 19.2 Å². The lowest BCUT2D eigenvalue weighted by Crippen LogP contribution is -2.17. The molecule has 22 heavy (non-hydrogen) atoms. The minimum absolute atomic E-state index is 0.214. The first-order chi connectivity index (χ1) is 10.2. The molecule has 0 unspecified atom stereocenters. The quantitative estimate of drug-likeness (QED) is 0.786. The van der Waals surface area contributed by atoms with Gasteiger partial charge >= 0.3 is 0 Å². The molecule has 0 aromatic heterocycles. The third-order valence-corrected chi connectivity index (χ3v) is 2.99. The number of halogens is 1. The number of Topliss-reactive ketones (excluding diaryl/α,β-unsaturated/α-hetero) is 2. The van der Waals surface area contributed by atoms with Gasteiger partial charge in [-0.25, -0.2) is 0 Å². The van der Waals surface area contributed by atoms with E-state index < -0.39 is 11.8 Å². The van der Waals surface area contributed by atoms with Crippen LogP contribution in [0.25, 0.3) is 0 Å². The van der Waals surface area contributed by atoms with Gasteiger partial charge in [0.2, 0.25) is 11.8 Å². The van der Waals surface area contributed by atoms with Gasteiger partial charge in [0, 0.05) is 5.69 Å². The maximum atomic E-state index is 11.6. The number of rotatable bonds is 6. The van der Waals surface area contributed by atoms with Crippen molar-refractivity contribution in [1.29, 1.82) is 0 Å². The Hall–Kier alpha value is -2.21. The molecule has 2 amide bonds. The molecular weight excluding hydrogens is 308 g/mol. The van der Waals surface area contributed by atoms with Crippen molar-refractivity contribution < 1.29 is 19.2 Å². The number of carbonyl (C=O) groups is 4. The highest BCUT2D eigenvalue weighted by atomic mass is 35.5. The Balaban J connectivity index is 2.87. The molecule has 2 N–H and O–H groups in total. The Kier molecular flexibility index (Phi) is 6.24. The predicted molar refractivity (Wildman–Crippen MR) is 84.0 cm³/mol. The molecule has 1 aromatic carbocycles. The molecule has 7 heteroatoms. The zero-order chi connectivity index (χ0) is 16.9. The zero-order valence-corrected chi connectivity index (χ0v) is 13.3. The summed E-state index contributed by atoms with van der Waals surface area (Å²) in [7, 11) is 0. The van der Waals surface area contributed by atoms with Crippen molar-refractivity contribution in [3.8, 4) is 0 Å². The van der Waals surface area contributed by atoms with Crippen LogP contribution in [0.3, 0.4) is 0 Å². The Bertz CT molecular complexity index is 585. The third kappa shape index (κ3) is 5.65. The molecule has 1 aromatic rings. The van der Waals surface area contributed by atoms with Gasteiger partial charge in [0.1, 0.15) is 11.6 Å². The van der Waals surface area contributed by atoms with Crippen LogP contribution in [0.1, 0.15) is 32.3 Å². The number of aryl methyl sites for hydroxylation is 1. The van der Waals surface area contributed by atoms with E-state index in [2.05, 4.69) is 10.6 Å². The summed E-state index contributed by atoms with van der Waals surface area (Å²) in [6.45, 7) is 4.37. The van der Waals surface area contributed by atoms with Gasteiger partial charge in [-0.2, -0.15) is 0 Å². The lowest BCUT2D eigenvalue weighted by atomic mass is 10.1. The Labute approximate surface area is 133 Å². The normalized spacial score (nSPS) is 10.0. The highest BCUT2D eigenvalue weighted by Gasteiger charge is 2.13. The zero-order valence-electron chi connectivity index (χ0n) is 12.6. The number of carbonyl (C=O) groups excluding carboxylic acids is 4. The molecule has 0 aliphatic carbocycles. The molecule has 0 aliphatic heterocycles. The van der Waals surface area contributed by atoms with Crippen LogP contribution < -0.4 is 10.6 Å². The summed E-state index contributed by atoms with van der Waals surface area (Å²) >= 11 is 6.05. The Morgan fingerprint density at radius 1 is 0.909 bits per heavy atom. The van der Waals surface area contributed by atoms with Gasteiger partial charge in [0.15, 0.2) is 0 Å². The molecule has 1 rings (SSSR count). The standard InChI is InChI=1S/C15H17ClN2O4/c1-8-4-13(18-15(22)6-10(3)20)11(16)7-12(8)17-14(21)5-9(2)19/h4,7H,5-6H2,1-3H3,(H,17,21)(H,18,22). The summed E-state index contributed by atoms with van der Waals surface area (Å²) in [4.78, 5) is 44.9. The second kappa shape index (κ2) is 7.70. The van der Waals surface area contributed by atoms with Gasteiger partial charge in [-0.15, -0.1) is 0 Å². The number of hydrogen-bond donors (Lipinski definition) is 2. The molecule has 6 nitrogen and oxygen atoms in total. The molecule has 0 saturated heterocycles. The third-order valence-electron chi connectivity index (χ3n) is 2.68. The molecule has 0 radical (unpaired) electrons. The first-order valence-corrected chi connectivity index (χ1v) is 6.95. The lowest BCUT2D eigenvalue weighted by molar-refractivity contribution is -0.125. The Morgan fingerprint density at radius 3 is 1.82 bits per heavy atom. The number of nitrogens with one attached hydrogen (secondary N) is 2. The molecular formula is C15H17ClN2O4. The summed E-state index contributed by atoms with van der Waals surface area (Å²) in [6.07, 6.45) is -0.444. The second-order valence-electron chi connectivity index (χ2n) is 5.00. The maximum absolute atomic E-state index is 11.6. The molecule has 0 saturated carbocycles. The van der Waals surface area contributed by atoms with Crippen LogP contribution in [-0.4, -0.2) is 23.4 Å². The summed E-state index contributed by atoms with van der Waals surface area (Å²) in [5.74, 6) is -1.38. The van der Waals surface area contributed by atoms with Crippen LogP contribution >= 0.6 is 11.6 Å². The first-order valence-electron chi connectivity index (χ1n) is 6.57. The molecule has 118 valence electrons. The van der Waals surface area contributed by atoms with E-state index in [0.717, 1.165) is 0 Å². The van der Waals surface area contributed by atoms with Crippen LogP contribution in [0.2, 0.25) is 5.02 Å². The minimum Gasteiger partial charge on any atom is -0.325 e. The van der Waals surface area contributed by atoms with Crippen LogP contribution in [0.15, 0.2) is 12.1 Å². The van der Waals surface area contributed by atoms with Gasteiger partial charge in [-0.1, -0.05) is 11.6 Å². The lowest BCUT2D eigenvalue weighted by Gasteiger charge is -2.12. The van der Waals surface area contributed by atoms with Crippen molar-refractivity contribution in [2.75, 3.05) is 10.6 Å². The van der Waals surface area contributed by atoms with Crippen LogP contribution in [0.4, 0.5) is 11.4 Å². The van der Waals surface area contributed by atoms with Gasteiger partial charge in [0.25, 0.3) is 0 Å². The molecule has 0 heterocycles. The average Bonchev–Trinajstić information content (AvgIpc) is 2.33. The number of benzene rings is 1. The molecule has 0 atom stereocenters. The fraction of sp³-hybridized carbons (Fsp3) is 0.333. The summed E-state index contributed by atoms with van der Waals surface area (Å²) < 4.78 is 0. The van der Waals surface area contributed by atoms with E-state index >= 15 is 0 Å². The summed E-state index contributed by atoms with van der Waals surface area (Å²) in [5.41, 5.74) is 1.48. The van der Waals surface area contributed by atoms with Crippen LogP contribution in [0.5, 0.6) is 0 Å². The molecule has 0 fully saturated rings. The van der Waals surface area contributed by atoms with Crippen molar-refractivity contribution in [1.82, 2.24) is 0 Å². The van der Waals surface area contributed by atoms with E-state index in [1.54, 1.807) is 13.0 Å². The fourth-order valence-electron chi connectivity index (χ4n) is 1.75. The molecule has 0 spiro atoms. The highest BCUT2D eigenvalue weighted by molar-refractivity contribution is 6.34. The smallest absolute Gasteiger partial charge is 0.231 e. The number of anilines is 2. The first kappa shape index (κ1) is 17.8. The minimum atomic E-state index is -0.456. The fourth-order valence-corrected chi connectivity index (χ4v) is 1.96. The maximum Gasteiger partial charge on any atom is 0.231 e. The van der Waals surface area contributed by atoms with E-state index in [1.807, 2.05) is 0 Å². The highest BCUT2D eigenvalue weighted by Crippen LogP contribution is 2.29. The van der Waals surface area contributed by atoms with Crippen molar-refractivity contribution in [2.24, 2.45) is 0 Å². The average molecular weight is 325 g/mol. The van der Waals surface area contributed by atoms with E-state index in [1.165, 1.54) is 19.9 Å². The van der Waals surface area contributed by atoms with Crippen molar-refractivity contribution >= 4 is 46.4 Å². The SMILES string of the molecule is CC(=O)CC(=O)Nc1cc(Cl)c(NC(=O)CC(C)=O)cc1C. The van der Waals surface area contributed by atoms with Crippen LogP contribution in [-0.2, 0) is 19.2 Å². The number of ketones is 2. The number of amides is 2. The van der Waals surface area contributed by atoms with Crippen molar-refractivity contribution in [2.45, 2.75) is 33.6 Å². The molecule has 0 bridgehead atoms. The van der Waals surface area contributed by atoms with Crippen molar-refractivity contribution in [3.05, 3.63) is 22.7 Å². The summed E-state index contributed by atoms with van der Waals surface area (Å²) in [6, 6.07) is 3.07. The Morgan fingerprint density at radius 2 is 1.36 bits per heavy atom. The predicted octanol–water partition coefficient (Wildman–Crippen LogP) is 2.48. The van der Waals surface area contributed by atoms with Crippen molar-refractivity contribution in [3.63, 3.8) is 0 Å². The molecule has 0 aliphatic rings. The van der Waals surface area contributed by atoms with Gasteiger partial charge in [0.05, 0.1) is 23.6 Å². The van der Waals surface area contributed by atoms with Gasteiger partial charge < -0.3 is 10.6 Å². The van der Waals surface area contributed by atoms with Crippen LogP contribution in [0, 0.1) is 6.92 Å². The van der Waals surface area contributed by atoms with E-state index in [4.69, 9.17) is 11.6 Å². The second-order valence-corrected chi connectivity index (χ2v) is 5.41. The van der Waals surface area contributed by atoms with Gasteiger partial charge in [-0.3, -0.25) is 19.2 Å². The van der Waals surface area contributed by atoms with E-state index in [-0.39, 0.29) is 29.4 Å². The number of hydrogen-bond acceptors (Lipinski definition) is 4. The monoisotopic (exact) mass is 324 g/mol. The van der Waals surface area contributed by atoms with E-state index in [0.29, 0.717) is 16.9 Å². The van der Waals surface area contributed by atoms with Gasteiger partial charge in [-0.05, 0) is 38.5 Å². The topological polar surface area (TPSA) is 92.3 Å². The summed E-state index contributed by atoms with van der Waals surface area (Å²) in [5, 5.41) is 5.34.